The largest absolute Gasteiger partial charge is 0.433 e. The molecule has 0 saturated carbocycles. The second-order valence-electron chi connectivity index (χ2n) is 5.64. The van der Waals surface area contributed by atoms with Crippen LogP contribution in [-0.4, -0.2) is 20.9 Å². The number of pyridine rings is 1. The van der Waals surface area contributed by atoms with Crippen LogP contribution in [0.5, 0.6) is 0 Å². The highest BCUT2D eigenvalue weighted by Crippen LogP contribution is 2.28. The van der Waals surface area contributed by atoms with Gasteiger partial charge in [0.25, 0.3) is 5.91 Å². The van der Waals surface area contributed by atoms with Gasteiger partial charge in [0.15, 0.2) is 0 Å². The molecule has 3 aromatic rings. The van der Waals surface area contributed by atoms with Gasteiger partial charge in [-0.05, 0) is 36.8 Å². The van der Waals surface area contributed by atoms with Gasteiger partial charge in [-0.15, -0.1) is 0 Å². The van der Waals surface area contributed by atoms with Crippen molar-refractivity contribution in [2.45, 2.75) is 13.1 Å². The van der Waals surface area contributed by atoms with E-state index in [2.05, 4.69) is 20.3 Å². The van der Waals surface area contributed by atoms with Crippen LogP contribution in [-0.2, 0) is 6.18 Å². The second-order valence-corrected chi connectivity index (χ2v) is 6.03. The number of hydrogen-bond donors (Lipinski definition) is 1. The summed E-state index contributed by atoms with van der Waals surface area (Å²) in [4.78, 5) is 23.7. The number of anilines is 1. The molecule has 138 valence electrons. The van der Waals surface area contributed by atoms with Gasteiger partial charge in [0, 0.05) is 23.0 Å². The van der Waals surface area contributed by atoms with Crippen LogP contribution in [0.4, 0.5) is 18.9 Å². The van der Waals surface area contributed by atoms with E-state index in [1.807, 2.05) is 6.92 Å². The van der Waals surface area contributed by atoms with Gasteiger partial charge in [-0.2, -0.15) is 13.2 Å². The van der Waals surface area contributed by atoms with Crippen molar-refractivity contribution in [1.29, 1.82) is 0 Å². The molecule has 9 heteroatoms. The predicted octanol–water partition coefficient (Wildman–Crippen LogP) is 4.77. The summed E-state index contributed by atoms with van der Waals surface area (Å²) >= 11 is 5.86. The van der Waals surface area contributed by atoms with E-state index in [0.29, 0.717) is 23.0 Å². The zero-order chi connectivity index (χ0) is 19.6. The molecule has 1 aromatic carbocycles. The van der Waals surface area contributed by atoms with Crippen molar-refractivity contribution < 1.29 is 18.0 Å². The number of alkyl halides is 3. The summed E-state index contributed by atoms with van der Waals surface area (Å²) in [6.45, 7) is 1.85. The van der Waals surface area contributed by atoms with E-state index in [1.165, 1.54) is 18.5 Å². The van der Waals surface area contributed by atoms with Gasteiger partial charge in [-0.25, -0.2) is 4.98 Å². The van der Waals surface area contributed by atoms with Crippen molar-refractivity contribution in [3.63, 3.8) is 0 Å². The lowest BCUT2D eigenvalue weighted by molar-refractivity contribution is -0.141. The Hall–Kier alpha value is -3.00. The van der Waals surface area contributed by atoms with E-state index in [4.69, 9.17) is 11.6 Å². The smallest absolute Gasteiger partial charge is 0.322 e. The van der Waals surface area contributed by atoms with Crippen molar-refractivity contribution in [3.05, 3.63) is 70.9 Å². The number of carbonyl (C=O) groups is 1. The number of carbonyl (C=O) groups excluding carboxylic acids is 1. The van der Waals surface area contributed by atoms with Crippen LogP contribution in [0.1, 0.15) is 21.6 Å². The molecule has 0 unspecified atom stereocenters. The summed E-state index contributed by atoms with van der Waals surface area (Å²) in [5.74, 6) is -0.685. The first-order chi connectivity index (χ1) is 12.7. The second kappa shape index (κ2) is 7.32. The van der Waals surface area contributed by atoms with Gasteiger partial charge in [-0.1, -0.05) is 17.7 Å². The molecule has 0 radical (unpaired) electrons. The topological polar surface area (TPSA) is 67.8 Å². The minimum atomic E-state index is -4.63. The maximum Gasteiger partial charge on any atom is 0.433 e. The fourth-order valence-corrected chi connectivity index (χ4v) is 2.53. The maximum absolute atomic E-state index is 12.8. The normalized spacial score (nSPS) is 11.3. The Morgan fingerprint density at radius 3 is 2.63 bits per heavy atom. The van der Waals surface area contributed by atoms with Gasteiger partial charge in [-0.3, -0.25) is 14.8 Å². The minimum absolute atomic E-state index is 0.151. The van der Waals surface area contributed by atoms with Crippen molar-refractivity contribution in [1.82, 2.24) is 15.0 Å². The Morgan fingerprint density at radius 1 is 1.15 bits per heavy atom. The number of benzene rings is 1. The first kappa shape index (κ1) is 18.8. The highest BCUT2D eigenvalue weighted by atomic mass is 35.5. The van der Waals surface area contributed by atoms with E-state index in [-0.39, 0.29) is 10.7 Å². The number of nitrogens with one attached hydrogen (secondary N) is 1. The number of rotatable bonds is 3. The minimum Gasteiger partial charge on any atom is -0.322 e. The van der Waals surface area contributed by atoms with E-state index in [1.54, 1.807) is 18.2 Å². The number of hydrogen-bond acceptors (Lipinski definition) is 4. The molecule has 0 spiro atoms. The van der Waals surface area contributed by atoms with E-state index in [0.717, 1.165) is 11.8 Å². The van der Waals surface area contributed by atoms with Gasteiger partial charge < -0.3 is 5.32 Å². The number of amides is 1. The third kappa shape index (κ3) is 4.40. The third-order valence-corrected chi connectivity index (χ3v) is 3.87. The van der Waals surface area contributed by atoms with Gasteiger partial charge in [0.1, 0.15) is 10.8 Å². The summed E-state index contributed by atoms with van der Waals surface area (Å²) in [6.07, 6.45) is -0.760. The highest BCUT2D eigenvalue weighted by molar-refractivity contribution is 6.29. The van der Waals surface area contributed by atoms with Gasteiger partial charge in [0.05, 0.1) is 18.1 Å². The summed E-state index contributed by atoms with van der Waals surface area (Å²) < 4.78 is 38.3. The molecule has 0 saturated heterocycles. The third-order valence-electron chi connectivity index (χ3n) is 3.69. The monoisotopic (exact) mass is 392 g/mol. The number of nitrogens with zero attached hydrogens (tertiary/aromatic N) is 3. The lowest BCUT2D eigenvalue weighted by atomic mass is 10.0. The molecule has 0 atom stereocenters. The summed E-state index contributed by atoms with van der Waals surface area (Å²) in [5, 5.41) is 2.79. The van der Waals surface area contributed by atoms with Crippen LogP contribution < -0.4 is 5.32 Å². The van der Waals surface area contributed by atoms with E-state index < -0.39 is 17.8 Å². The van der Waals surface area contributed by atoms with Gasteiger partial charge >= 0.3 is 6.18 Å². The molecule has 0 fully saturated rings. The Kier molecular flexibility index (Phi) is 5.09. The molecule has 0 aliphatic heterocycles. The molecule has 0 bridgehead atoms. The van der Waals surface area contributed by atoms with Crippen molar-refractivity contribution >= 4 is 23.2 Å². The van der Waals surface area contributed by atoms with Crippen LogP contribution in [0.25, 0.3) is 11.3 Å². The number of aryl methyl sites for hydroxylation is 1. The Balaban J connectivity index is 1.88. The van der Waals surface area contributed by atoms with Gasteiger partial charge in [0.2, 0.25) is 0 Å². The fourth-order valence-electron chi connectivity index (χ4n) is 2.38. The summed E-state index contributed by atoms with van der Waals surface area (Å²) in [6, 6.07) is 6.95. The average molecular weight is 393 g/mol. The molecular weight excluding hydrogens is 381 g/mol. The molecule has 5 nitrogen and oxygen atoms in total. The first-order valence-corrected chi connectivity index (χ1v) is 8.05. The van der Waals surface area contributed by atoms with E-state index in [9.17, 15) is 18.0 Å². The van der Waals surface area contributed by atoms with Crippen LogP contribution >= 0.6 is 11.6 Å². The number of halogens is 4. The van der Waals surface area contributed by atoms with Crippen molar-refractivity contribution in [3.8, 4) is 11.3 Å². The summed E-state index contributed by atoms with van der Waals surface area (Å²) in [5.41, 5.74) is 1.18. The van der Waals surface area contributed by atoms with E-state index >= 15 is 0 Å². The first-order valence-electron chi connectivity index (χ1n) is 7.67. The highest BCUT2D eigenvalue weighted by Gasteiger charge is 2.32. The molecule has 2 heterocycles. The SMILES string of the molecule is Cc1ccc(NC(=O)c2ccnc(C(F)(F)F)c2)cc1-c1cncc(Cl)n1. The Labute approximate surface area is 157 Å². The van der Waals surface area contributed by atoms with Crippen LogP contribution in [0, 0.1) is 6.92 Å². The quantitative estimate of drug-likeness (QED) is 0.697. The van der Waals surface area contributed by atoms with Crippen LogP contribution in [0.15, 0.2) is 48.9 Å². The fraction of sp³-hybridized carbons (Fsp3) is 0.111. The average Bonchev–Trinajstić information content (AvgIpc) is 2.62. The number of aromatic nitrogens is 3. The zero-order valence-electron chi connectivity index (χ0n) is 13.9. The molecular formula is C18H12ClF3N4O. The van der Waals surface area contributed by atoms with Crippen LogP contribution in [0.2, 0.25) is 5.15 Å². The summed E-state index contributed by atoms with van der Waals surface area (Å²) in [7, 11) is 0. The lowest BCUT2D eigenvalue weighted by Gasteiger charge is -2.11. The Bertz CT molecular complexity index is 1010. The predicted molar refractivity (Wildman–Crippen MR) is 94.4 cm³/mol. The maximum atomic E-state index is 12.8. The van der Waals surface area contributed by atoms with Crippen molar-refractivity contribution in [2.24, 2.45) is 0 Å². The molecule has 27 heavy (non-hydrogen) atoms. The molecule has 1 N–H and O–H groups in total. The standard InChI is InChI=1S/C18H12ClF3N4O/c1-10-2-3-12(7-13(10)14-8-23-9-16(19)26-14)25-17(27)11-4-5-24-15(6-11)18(20,21)22/h2-9H,1H3,(H,25,27). The lowest BCUT2D eigenvalue weighted by Crippen LogP contribution is -2.15. The molecule has 3 rings (SSSR count). The van der Waals surface area contributed by atoms with Crippen molar-refractivity contribution in [2.75, 3.05) is 5.32 Å². The zero-order valence-corrected chi connectivity index (χ0v) is 14.6. The van der Waals surface area contributed by atoms with Crippen LogP contribution in [0.3, 0.4) is 0 Å². The molecule has 0 aliphatic rings. The Morgan fingerprint density at radius 2 is 1.93 bits per heavy atom. The molecule has 0 aliphatic carbocycles. The molecule has 2 aromatic heterocycles. The molecule has 1 amide bonds.